The lowest BCUT2D eigenvalue weighted by atomic mass is 9.90. The van der Waals surface area contributed by atoms with E-state index in [1.54, 1.807) is 0 Å². The second-order valence-electron chi connectivity index (χ2n) is 14.8. The second kappa shape index (κ2) is 13.8. The van der Waals surface area contributed by atoms with Gasteiger partial charge in [-0.1, -0.05) is 158 Å². The molecule has 0 N–H and O–H groups in total. The predicted molar refractivity (Wildman–Crippen MR) is 240 cm³/mol. The van der Waals surface area contributed by atoms with Gasteiger partial charge in [0.1, 0.15) is 11.5 Å². The zero-order chi connectivity index (χ0) is 38.6. The van der Waals surface area contributed by atoms with Gasteiger partial charge in [0, 0.05) is 33.0 Å². The topological polar surface area (TPSA) is 31.2 Å². The summed E-state index contributed by atoms with van der Waals surface area (Å²) in [5.41, 5.74) is 14.1. The van der Waals surface area contributed by atoms with E-state index in [0.29, 0.717) is 16.9 Å². The van der Waals surface area contributed by atoms with Gasteiger partial charge < -0.3 is 4.74 Å². The number of hydrogen-bond acceptors (Lipinski definition) is 2. The third-order valence-corrected chi connectivity index (χ3v) is 11.4. The quantitative estimate of drug-likeness (QED) is 0.168. The molecule has 2 heterocycles. The van der Waals surface area contributed by atoms with Gasteiger partial charge >= 0.3 is 0 Å². The summed E-state index contributed by atoms with van der Waals surface area (Å²) in [6.07, 6.45) is 0. The Labute approximate surface area is 336 Å². The Kier molecular flexibility index (Phi) is 7.97. The van der Waals surface area contributed by atoms with E-state index in [-0.39, 0.29) is 5.56 Å². The highest BCUT2D eigenvalue weighted by Crippen LogP contribution is 2.47. The first-order chi connectivity index (χ1) is 28.7. The summed E-state index contributed by atoms with van der Waals surface area (Å²) in [7, 11) is 0. The summed E-state index contributed by atoms with van der Waals surface area (Å²) in [5, 5.41) is 2.56. The second-order valence-corrected chi connectivity index (χ2v) is 14.8. The van der Waals surface area contributed by atoms with Gasteiger partial charge in [0.2, 0.25) is 0 Å². The fourth-order valence-corrected chi connectivity index (χ4v) is 8.63. The van der Waals surface area contributed by atoms with Crippen LogP contribution >= 0.6 is 0 Å². The van der Waals surface area contributed by atoms with Crippen LogP contribution in [0, 0.1) is 0 Å². The van der Waals surface area contributed by atoms with Gasteiger partial charge in [-0.15, -0.1) is 0 Å². The van der Waals surface area contributed by atoms with Crippen molar-refractivity contribution in [3.63, 3.8) is 0 Å². The van der Waals surface area contributed by atoms with Crippen molar-refractivity contribution in [3.05, 3.63) is 223 Å². The van der Waals surface area contributed by atoms with Crippen molar-refractivity contribution in [2.75, 3.05) is 0 Å². The zero-order valence-corrected chi connectivity index (χ0v) is 31.5. The summed E-state index contributed by atoms with van der Waals surface area (Å²) < 4.78 is 8.95. The van der Waals surface area contributed by atoms with E-state index in [4.69, 9.17) is 4.74 Å². The molecule has 0 aliphatic carbocycles. The number of hydrogen-bond donors (Lipinski definition) is 0. The van der Waals surface area contributed by atoms with Gasteiger partial charge in [0.05, 0.1) is 11.2 Å². The number of aromatic nitrogens is 1. The van der Waals surface area contributed by atoms with E-state index in [2.05, 4.69) is 146 Å². The maximum absolute atomic E-state index is 15.3. The van der Waals surface area contributed by atoms with Crippen molar-refractivity contribution in [3.8, 4) is 83.9 Å². The smallest absolute Gasteiger partial charge is 0.263 e. The fraction of sp³-hybridized carbons (Fsp3) is 0. The van der Waals surface area contributed by atoms with E-state index in [0.717, 1.165) is 88.7 Å². The van der Waals surface area contributed by atoms with Gasteiger partial charge in [-0.25, -0.2) is 0 Å². The molecular formula is C55H35NO2. The molecule has 10 aromatic rings. The first-order valence-electron chi connectivity index (χ1n) is 19.6. The fourth-order valence-electron chi connectivity index (χ4n) is 8.63. The minimum absolute atomic E-state index is 0.0697. The zero-order valence-electron chi connectivity index (χ0n) is 31.5. The van der Waals surface area contributed by atoms with Gasteiger partial charge in [0.15, 0.2) is 0 Å². The number of benzene rings is 9. The van der Waals surface area contributed by atoms with Crippen LogP contribution in [0.15, 0.2) is 217 Å². The van der Waals surface area contributed by atoms with E-state index >= 15 is 4.79 Å². The van der Waals surface area contributed by atoms with Crippen molar-refractivity contribution in [1.82, 2.24) is 4.57 Å². The summed E-state index contributed by atoms with van der Waals surface area (Å²) in [5.74, 6) is 1.43. The molecule has 1 aromatic heterocycles. The van der Waals surface area contributed by atoms with Crippen molar-refractivity contribution in [2.24, 2.45) is 0 Å². The van der Waals surface area contributed by atoms with Crippen molar-refractivity contribution in [1.29, 1.82) is 0 Å². The number of ether oxygens (including phenoxy) is 1. The third kappa shape index (κ3) is 5.64. The van der Waals surface area contributed by atoms with Crippen molar-refractivity contribution < 1.29 is 4.74 Å². The minimum Gasteiger partial charge on any atom is -0.456 e. The van der Waals surface area contributed by atoms with Crippen LogP contribution in [0.2, 0.25) is 0 Å². The highest BCUT2D eigenvalue weighted by atomic mass is 16.5. The van der Waals surface area contributed by atoms with E-state index in [9.17, 15) is 0 Å². The van der Waals surface area contributed by atoms with Crippen LogP contribution < -0.4 is 10.3 Å². The molecule has 3 heteroatoms. The molecule has 272 valence electrons. The molecule has 0 bridgehead atoms. The summed E-state index contributed by atoms with van der Waals surface area (Å²) in [6.45, 7) is 0. The molecule has 0 saturated heterocycles. The van der Waals surface area contributed by atoms with E-state index in [1.807, 2.05) is 71.3 Å². The molecule has 0 radical (unpaired) electrons. The van der Waals surface area contributed by atoms with E-state index < -0.39 is 0 Å². The Bertz CT molecular complexity index is 3270. The van der Waals surface area contributed by atoms with Crippen LogP contribution in [0.1, 0.15) is 0 Å². The average Bonchev–Trinajstić information content (AvgIpc) is 3.30. The minimum atomic E-state index is -0.0697. The number of fused-ring (bicyclic) bond motifs is 8. The Morgan fingerprint density at radius 3 is 1.41 bits per heavy atom. The molecule has 9 aromatic carbocycles. The number of rotatable bonds is 4. The summed E-state index contributed by atoms with van der Waals surface area (Å²) in [6, 6.07) is 73.6. The Balaban J connectivity index is 1.24. The molecule has 3 nitrogen and oxygen atoms in total. The molecule has 1 aliphatic rings. The summed E-state index contributed by atoms with van der Waals surface area (Å²) in [4.78, 5) is 15.3. The summed E-state index contributed by atoms with van der Waals surface area (Å²) >= 11 is 0. The van der Waals surface area contributed by atoms with Crippen LogP contribution in [0.4, 0.5) is 0 Å². The molecular weight excluding hydrogens is 707 g/mol. The number of para-hydroxylation sites is 2. The van der Waals surface area contributed by atoms with Crippen LogP contribution in [0.5, 0.6) is 11.5 Å². The highest BCUT2D eigenvalue weighted by Gasteiger charge is 2.25. The first-order valence-corrected chi connectivity index (χ1v) is 19.6. The first kappa shape index (κ1) is 33.6. The monoisotopic (exact) mass is 741 g/mol. The maximum atomic E-state index is 15.3. The molecule has 0 atom stereocenters. The predicted octanol–water partition coefficient (Wildman–Crippen LogP) is 14.3. The van der Waals surface area contributed by atoms with Crippen LogP contribution in [-0.2, 0) is 0 Å². The van der Waals surface area contributed by atoms with Crippen molar-refractivity contribution >= 4 is 21.7 Å². The van der Waals surface area contributed by atoms with Gasteiger partial charge in [0.25, 0.3) is 5.56 Å². The number of pyridine rings is 1. The largest absolute Gasteiger partial charge is 0.456 e. The lowest BCUT2D eigenvalue weighted by molar-refractivity contribution is 0.486. The Morgan fingerprint density at radius 1 is 0.310 bits per heavy atom. The SMILES string of the molecule is O=c1c2ccccc2c2cc(-c3cccc(-c4ccccc4)c3)cc3c2n1-c1ccc(-c2cccc(-c4ccccc4)c2)cc1-c1ccccc1Oc1ccccc1-3. The lowest BCUT2D eigenvalue weighted by Gasteiger charge is -2.24. The normalized spacial score (nSPS) is 11.7. The Morgan fingerprint density at radius 2 is 0.776 bits per heavy atom. The molecule has 0 saturated carbocycles. The van der Waals surface area contributed by atoms with Crippen LogP contribution in [-0.4, -0.2) is 4.57 Å². The molecule has 0 unspecified atom stereocenters. The highest BCUT2D eigenvalue weighted by molar-refractivity contribution is 6.13. The lowest BCUT2D eigenvalue weighted by Crippen LogP contribution is -2.21. The number of nitrogens with zero attached hydrogens (tertiary/aromatic N) is 1. The molecule has 11 rings (SSSR count). The maximum Gasteiger partial charge on any atom is 0.263 e. The van der Waals surface area contributed by atoms with Gasteiger partial charge in [-0.3, -0.25) is 9.36 Å². The van der Waals surface area contributed by atoms with Crippen LogP contribution in [0.3, 0.4) is 0 Å². The standard InChI is InChI=1S/C55H35NO2/c57-55-47-26-8-7-23-44(47)49-34-43(41-22-14-20-39(32-41)37-17-5-2-6-18-37)35-50-46-25-10-12-28-53(46)58-52-27-11-9-24-45(52)48-33-42(29-30-51(48)56(55)54(49)50)40-21-13-19-38(31-40)36-15-3-1-4-16-36/h1-35H. The van der Waals surface area contributed by atoms with Gasteiger partial charge in [-0.2, -0.15) is 0 Å². The Hall–Kier alpha value is -7.75. The van der Waals surface area contributed by atoms with E-state index in [1.165, 1.54) is 0 Å². The molecule has 0 spiro atoms. The van der Waals surface area contributed by atoms with Gasteiger partial charge in [-0.05, 0) is 104 Å². The molecule has 0 amide bonds. The molecule has 1 aliphatic heterocycles. The van der Waals surface area contributed by atoms with Crippen molar-refractivity contribution in [2.45, 2.75) is 0 Å². The molecule has 58 heavy (non-hydrogen) atoms. The van der Waals surface area contributed by atoms with Crippen LogP contribution in [0.25, 0.3) is 94.1 Å². The average molecular weight is 742 g/mol. The molecule has 0 fully saturated rings. The third-order valence-electron chi connectivity index (χ3n) is 11.4.